The Morgan fingerprint density at radius 2 is 2.00 bits per heavy atom. The molecule has 1 aromatic carbocycles. The molecule has 0 aliphatic heterocycles. The minimum Gasteiger partial charge on any atom is -0.399 e. The number of benzene rings is 1. The van der Waals surface area contributed by atoms with Crippen LogP contribution in [0.2, 0.25) is 0 Å². The molecule has 1 unspecified atom stereocenters. The first-order chi connectivity index (χ1) is 7.94. The quantitative estimate of drug-likeness (QED) is 0.679. The minimum atomic E-state index is -0.849. The number of rotatable bonds is 5. The molecule has 94 valence electrons. The molecule has 0 radical (unpaired) electrons. The zero-order valence-electron chi connectivity index (χ0n) is 10.4. The third kappa shape index (κ3) is 4.44. The molecule has 0 fully saturated rings. The van der Waals surface area contributed by atoms with Gasteiger partial charge in [0.1, 0.15) is 0 Å². The van der Waals surface area contributed by atoms with E-state index in [1.165, 1.54) is 0 Å². The summed E-state index contributed by atoms with van der Waals surface area (Å²) in [5.41, 5.74) is 5.86. The van der Waals surface area contributed by atoms with Gasteiger partial charge in [-0.05, 0) is 37.6 Å². The van der Waals surface area contributed by atoms with E-state index in [4.69, 9.17) is 5.73 Å². The Labute approximate surface area is 102 Å². The van der Waals surface area contributed by atoms with Crippen molar-refractivity contribution in [2.75, 3.05) is 12.3 Å². The first-order valence-electron chi connectivity index (χ1n) is 5.81. The molecule has 0 saturated carbocycles. The zero-order chi connectivity index (χ0) is 12.9. The van der Waals surface area contributed by atoms with E-state index in [0.717, 1.165) is 6.42 Å². The molecule has 0 heterocycles. The fraction of sp³-hybridized carbons (Fsp3) is 0.462. The normalized spacial score (nSPS) is 14.1. The molecule has 1 amide bonds. The summed E-state index contributed by atoms with van der Waals surface area (Å²) in [5.74, 6) is -0.193. The van der Waals surface area contributed by atoms with Gasteiger partial charge in [-0.2, -0.15) is 0 Å². The maximum absolute atomic E-state index is 11.7. The van der Waals surface area contributed by atoms with Gasteiger partial charge in [-0.15, -0.1) is 0 Å². The van der Waals surface area contributed by atoms with Crippen LogP contribution in [0.1, 0.15) is 37.0 Å². The number of carbonyl (C=O) groups is 1. The number of nitrogens with one attached hydrogen (secondary N) is 1. The summed E-state index contributed by atoms with van der Waals surface area (Å²) in [5, 5.41) is 12.6. The van der Waals surface area contributed by atoms with Crippen molar-refractivity contribution in [1.29, 1.82) is 0 Å². The zero-order valence-corrected chi connectivity index (χ0v) is 10.4. The highest BCUT2D eigenvalue weighted by atomic mass is 16.3. The summed E-state index contributed by atoms with van der Waals surface area (Å²) >= 11 is 0. The fourth-order valence-electron chi connectivity index (χ4n) is 1.63. The van der Waals surface area contributed by atoms with Gasteiger partial charge >= 0.3 is 0 Å². The van der Waals surface area contributed by atoms with Crippen LogP contribution in [-0.2, 0) is 0 Å². The van der Waals surface area contributed by atoms with E-state index in [-0.39, 0.29) is 12.5 Å². The predicted octanol–water partition coefficient (Wildman–Crippen LogP) is 1.55. The number of aliphatic hydroxyl groups is 1. The van der Waals surface area contributed by atoms with E-state index < -0.39 is 5.60 Å². The lowest BCUT2D eigenvalue weighted by atomic mass is 10.0. The van der Waals surface area contributed by atoms with Gasteiger partial charge in [-0.25, -0.2) is 0 Å². The summed E-state index contributed by atoms with van der Waals surface area (Å²) in [4.78, 5) is 11.7. The molecule has 1 rings (SSSR count). The third-order valence-electron chi connectivity index (χ3n) is 2.59. The molecular weight excluding hydrogens is 216 g/mol. The van der Waals surface area contributed by atoms with Crippen LogP contribution < -0.4 is 11.1 Å². The van der Waals surface area contributed by atoms with Gasteiger partial charge in [-0.1, -0.05) is 13.3 Å². The van der Waals surface area contributed by atoms with Gasteiger partial charge in [0, 0.05) is 17.8 Å². The third-order valence-corrected chi connectivity index (χ3v) is 2.59. The van der Waals surface area contributed by atoms with Crippen LogP contribution in [0, 0.1) is 0 Å². The first kappa shape index (κ1) is 13.5. The lowest BCUT2D eigenvalue weighted by Crippen LogP contribution is -2.40. The maximum atomic E-state index is 11.7. The van der Waals surface area contributed by atoms with Gasteiger partial charge in [0.15, 0.2) is 0 Å². The van der Waals surface area contributed by atoms with E-state index >= 15 is 0 Å². The molecular formula is C13H20N2O2. The van der Waals surface area contributed by atoms with Crippen LogP contribution >= 0.6 is 0 Å². The molecule has 1 aromatic rings. The maximum Gasteiger partial charge on any atom is 0.251 e. The molecule has 0 spiro atoms. The van der Waals surface area contributed by atoms with Gasteiger partial charge in [-0.3, -0.25) is 4.79 Å². The van der Waals surface area contributed by atoms with Crippen molar-refractivity contribution in [3.05, 3.63) is 29.8 Å². The van der Waals surface area contributed by atoms with Crippen molar-refractivity contribution in [3.8, 4) is 0 Å². The monoisotopic (exact) mass is 236 g/mol. The summed E-state index contributed by atoms with van der Waals surface area (Å²) in [6, 6.07) is 6.69. The molecule has 0 aliphatic rings. The van der Waals surface area contributed by atoms with Crippen LogP contribution in [-0.4, -0.2) is 23.2 Å². The average Bonchev–Trinajstić information content (AvgIpc) is 2.27. The van der Waals surface area contributed by atoms with Crippen LogP contribution in [0.25, 0.3) is 0 Å². The highest BCUT2D eigenvalue weighted by Gasteiger charge is 2.20. The summed E-state index contributed by atoms with van der Waals surface area (Å²) in [7, 11) is 0. The number of anilines is 1. The highest BCUT2D eigenvalue weighted by molar-refractivity contribution is 5.94. The summed E-state index contributed by atoms with van der Waals surface area (Å²) < 4.78 is 0. The molecule has 0 bridgehead atoms. The lowest BCUT2D eigenvalue weighted by molar-refractivity contribution is 0.0469. The number of amides is 1. The van der Waals surface area contributed by atoms with Crippen LogP contribution in [0.3, 0.4) is 0 Å². The number of nitrogens with two attached hydrogens (primary N) is 1. The Balaban J connectivity index is 2.53. The average molecular weight is 236 g/mol. The molecule has 1 atom stereocenters. The molecule has 0 aliphatic carbocycles. The second kappa shape index (κ2) is 5.68. The van der Waals surface area contributed by atoms with E-state index in [1.54, 1.807) is 31.2 Å². The number of hydrogen-bond donors (Lipinski definition) is 3. The molecule has 0 saturated heterocycles. The standard InChI is InChI=1S/C13H20N2O2/c1-3-8-13(2,17)9-15-12(16)10-4-6-11(14)7-5-10/h4-7,17H,3,8-9,14H2,1-2H3,(H,15,16). The van der Waals surface area contributed by atoms with E-state index in [1.807, 2.05) is 6.92 Å². The highest BCUT2D eigenvalue weighted by Crippen LogP contribution is 2.11. The second-order valence-electron chi connectivity index (χ2n) is 4.55. The first-order valence-corrected chi connectivity index (χ1v) is 5.81. The van der Waals surface area contributed by atoms with Crippen molar-refractivity contribution < 1.29 is 9.90 Å². The van der Waals surface area contributed by atoms with Crippen LogP contribution in [0.4, 0.5) is 5.69 Å². The topological polar surface area (TPSA) is 75.3 Å². The van der Waals surface area contributed by atoms with Crippen molar-refractivity contribution in [3.63, 3.8) is 0 Å². The Kier molecular flexibility index (Phi) is 4.52. The Morgan fingerprint density at radius 1 is 1.41 bits per heavy atom. The number of hydrogen-bond acceptors (Lipinski definition) is 3. The van der Waals surface area contributed by atoms with E-state index in [9.17, 15) is 9.90 Å². The lowest BCUT2D eigenvalue weighted by Gasteiger charge is -2.22. The Bertz CT molecular complexity index is 372. The van der Waals surface area contributed by atoms with Gasteiger partial charge in [0.2, 0.25) is 0 Å². The van der Waals surface area contributed by atoms with Crippen molar-refractivity contribution in [1.82, 2.24) is 5.32 Å². The fourth-order valence-corrected chi connectivity index (χ4v) is 1.63. The molecule has 17 heavy (non-hydrogen) atoms. The number of nitrogen functional groups attached to an aromatic ring is 1. The smallest absolute Gasteiger partial charge is 0.251 e. The van der Waals surface area contributed by atoms with Gasteiger partial charge < -0.3 is 16.2 Å². The molecule has 4 heteroatoms. The SMILES string of the molecule is CCCC(C)(O)CNC(=O)c1ccc(N)cc1. The summed E-state index contributed by atoms with van der Waals surface area (Å²) in [6.45, 7) is 3.97. The predicted molar refractivity (Wildman–Crippen MR) is 68.7 cm³/mol. The molecule has 4 N–H and O–H groups in total. The van der Waals surface area contributed by atoms with Crippen molar-refractivity contribution >= 4 is 11.6 Å². The number of carbonyl (C=O) groups excluding carboxylic acids is 1. The summed E-state index contributed by atoms with van der Waals surface area (Å²) in [6.07, 6.45) is 1.54. The molecule has 4 nitrogen and oxygen atoms in total. The van der Waals surface area contributed by atoms with E-state index in [0.29, 0.717) is 17.7 Å². The Hall–Kier alpha value is -1.55. The van der Waals surface area contributed by atoms with Crippen LogP contribution in [0.5, 0.6) is 0 Å². The largest absolute Gasteiger partial charge is 0.399 e. The van der Waals surface area contributed by atoms with Gasteiger partial charge in [0.25, 0.3) is 5.91 Å². The van der Waals surface area contributed by atoms with Crippen LogP contribution in [0.15, 0.2) is 24.3 Å². The van der Waals surface area contributed by atoms with Crippen molar-refractivity contribution in [2.24, 2.45) is 0 Å². The second-order valence-corrected chi connectivity index (χ2v) is 4.55. The van der Waals surface area contributed by atoms with Crippen molar-refractivity contribution in [2.45, 2.75) is 32.3 Å². The van der Waals surface area contributed by atoms with E-state index in [2.05, 4.69) is 5.32 Å². The Morgan fingerprint density at radius 3 is 2.53 bits per heavy atom. The molecule has 0 aromatic heterocycles. The minimum absolute atomic E-state index is 0.193. The van der Waals surface area contributed by atoms with Gasteiger partial charge in [0.05, 0.1) is 5.60 Å².